The lowest BCUT2D eigenvalue weighted by atomic mass is 10.4. The quantitative estimate of drug-likeness (QED) is 0.741. The van der Waals surface area contributed by atoms with Gasteiger partial charge in [-0.25, -0.2) is 0 Å². The molecule has 84 valence electrons. The van der Waals surface area contributed by atoms with E-state index in [4.69, 9.17) is 11.5 Å². The third kappa shape index (κ3) is 3.23. The van der Waals surface area contributed by atoms with Crippen LogP contribution >= 0.6 is 0 Å². The Bertz CT molecular complexity index is 287. The van der Waals surface area contributed by atoms with Gasteiger partial charge in [-0.1, -0.05) is 13.8 Å². The average Bonchev–Trinajstić information content (AvgIpc) is 2.16. The van der Waals surface area contributed by atoms with Gasteiger partial charge in [0.2, 0.25) is 17.8 Å². The van der Waals surface area contributed by atoms with E-state index in [2.05, 4.69) is 33.7 Å². The first kappa shape index (κ1) is 11.5. The summed E-state index contributed by atoms with van der Waals surface area (Å²) in [7, 11) is 0. The van der Waals surface area contributed by atoms with E-state index in [-0.39, 0.29) is 11.9 Å². The van der Waals surface area contributed by atoms with Gasteiger partial charge in [0.15, 0.2) is 0 Å². The van der Waals surface area contributed by atoms with Crippen LogP contribution in [0.5, 0.6) is 0 Å². The molecular weight excluding hydrogens is 192 g/mol. The molecule has 0 radical (unpaired) electrons. The number of hydrogen-bond acceptors (Lipinski definition) is 6. The number of anilines is 3. The maximum Gasteiger partial charge on any atom is 0.231 e. The molecule has 0 aromatic carbocycles. The molecule has 0 saturated heterocycles. The van der Waals surface area contributed by atoms with Crippen molar-refractivity contribution in [1.29, 1.82) is 0 Å². The Morgan fingerprint density at radius 1 is 0.933 bits per heavy atom. The predicted octanol–water partition coefficient (Wildman–Crippen LogP) is 0.662. The van der Waals surface area contributed by atoms with E-state index in [1.807, 2.05) is 0 Å². The molecule has 1 heterocycles. The van der Waals surface area contributed by atoms with Gasteiger partial charge in [-0.2, -0.15) is 15.0 Å². The Morgan fingerprint density at radius 3 is 1.80 bits per heavy atom. The molecule has 0 fully saturated rings. The van der Waals surface area contributed by atoms with Gasteiger partial charge in [0, 0.05) is 13.1 Å². The molecule has 1 rings (SSSR count). The molecule has 4 N–H and O–H groups in total. The van der Waals surface area contributed by atoms with Crippen molar-refractivity contribution in [3.8, 4) is 0 Å². The summed E-state index contributed by atoms with van der Waals surface area (Å²) in [5, 5.41) is 0. The zero-order valence-corrected chi connectivity index (χ0v) is 9.27. The zero-order chi connectivity index (χ0) is 11.3. The third-order valence-electron chi connectivity index (χ3n) is 1.93. The third-order valence-corrected chi connectivity index (χ3v) is 1.93. The second-order valence-electron chi connectivity index (χ2n) is 3.34. The predicted molar refractivity (Wildman–Crippen MR) is 61.4 cm³/mol. The molecule has 0 unspecified atom stereocenters. The fourth-order valence-corrected chi connectivity index (χ4v) is 1.39. The van der Waals surface area contributed by atoms with Crippen molar-refractivity contribution in [3.63, 3.8) is 0 Å². The topological polar surface area (TPSA) is 94.0 Å². The molecule has 0 aliphatic heterocycles. The summed E-state index contributed by atoms with van der Waals surface area (Å²) < 4.78 is 0. The fourth-order valence-electron chi connectivity index (χ4n) is 1.39. The standard InChI is InChI=1S/C9H18N6/c1-3-5-15(6-4-2)9-13-7(10)12-8(11)14-9/h3-6H2,1-2H3,(H4,10,11,12,13,14). The number of nitrogen functional groups attached to an aromatic ring is 2. The number of rotatable bonds is 5. The Balaban J connectivity index is 2.88. The smallest absolute Gasteiger partial charge is 0.231 e. The van der Waals surface area contributed by atoms with Crippen LogP contribution in [-0.4, -0.2) is 28.0 Å². The second-order valence-corrected chi connectivity index (χ2v) is 3.34. The van der Waals surface area contributed by atoms with Crippen LogP contribution in [0.1, 0.15) is 26.7 Å². The lowest BCUT2D eigenvalue weighted by molar-refractivity contribution is 0.720. The summed E-state index contributed by atoms with van der Waals surface area (Å²) in [6, 6.07) is 0. The number of aromatic nitrogens is 3. The van der Waals surface area contributed by atoms with E-state index in [1.165, 1.54) is 0 Å². The normalized spacial score (nSPS) is 10.3. The van der Waals surface area contributed by atoms with E-state index in [0.717, 1.165) is 25.9 Å². The van der Waals surface area contributed by atoms with E-state index in [9.17, 15) is 0 Å². The Kier molecular flexibility index (Phi) is 4.08. The van der Waals surface area contributed by atoms with Gasteiger partial charge >= 0.3 is 0 Å². The summed E-state index contributed by atoms with van der Waals surface area (Å²) in [6.45, 7) is 6.01. The molecular formula is C9H18N6. The van der Waals surface area contributed by atoms with Gasteiger partial charge in [0.25, 0.3) is 0 Å². The molecule has 0 saturated carbocycles. The highest BCUT2D eigenvalue weighted by Gasteiger charge is 2.09. The maximum atomic E-state index is 5.52. The van der Waals surface area contributed by atoms with Gasteiger partial charge in [-0.15, -0.1) is 0 Å². The van der Waals surface area contributed by atoms with Crippen LogP contribution in [0.25, 0.3) is 0 Å². The molecule has 1 aromatic rings. The molecule has 0 bridgehead atoms. The number of nitrogens with two attached hydrogens (primary N) is 2. The molecule has 6 heteroatoms. The second kappa shape index (κ2) is 5.33. The van der Waals surface area contributed by atoms with Gasteiger partial charge in [0.05, 0.1) is 0 Å². The van der Waals surface area contributed by atoms with Crippen molar-refractivity contribution < 1.29 is 0 Å². The highest BCUT2D eigenvalue weighted by molar-refractivity contribution is 5.39. The van der Waals surface area contributed by atoms with Crippen molar-refractivity contribution in [2.45, 2.75) is 26.7 Å². The first-order valence-electron chi connectivity index (χ1n) is 5.19. The van der Waals surface area contributed by atoms with Crippen molar-refractivity contribution in [3.05, 3.63) is 0 Å². The summed E-state index contributed by atoms with van der Waals surface area (Å²) in [6.07, 6.45) is 2.07. The molecule has 0 atom stereocenters. The molecule has 6 nitrogen and oxygen atoms in total. The molecule has 0 aliphatic rings. The minimum absolute atomic E-state index is 0.176. The Labute approximate surface area is 89.7 Å². The minimum Gasteiger partial charge on any atom is -0.368 e. The summed E-state index contributed by atoms with van der Waals surface area (Å²) in [5.74, 6) is 0.924. The molecule has 1 aromatic heterocycles. The summed E-state index contributed by atoms with van der Waals surface area (Å²) in [5.41, 5.74) is 11.0. The molecule has 0 aliphatic carbocycles. The molecule has 15 heavy (non-hydrogen) atoms. The largest absolute Gasteiger partial charge is 0.368 e. The van der Waals surface area contributed by atoms with E-state index in [1.54, 1.807) is 0 Å². The van der Waals surface area contributed by atoms with Gasteiger partial charge in [-0.3, -0.25) is 0 Å². The van der Waals surface area contributed by atoms with E-state index in [0.29, 0.717) is 5.95 Å². The van der Waals surface area contributed by atoms with Gasteiger partial charge in [-0.05, 0) is 12.8 Å². The van der Waals surface area contributed by atoms with Crippen molar-refractivity contribution in [2.24, 2.45) is 0 Å². The van der Waals surface area contributed by atoms with Crippen LogP contribution in [0, 0.1) is 0 Å². The van der Waals surface area contributed by atoms with Gasteiger partial charge in [0.1, 0.15) is 0 Å². The van der Waals surface area contributed by atoms with Crippen LogP contribution in [0.15, 0.2) is 0 Å². The van der Waals surface area contributed by atoms with Crippen LogP contribution in [0.2, 0.25) is 0 Å². The van der Waals surface area contributed by atoms with E-state index >= 15 is 0 Å². The average molecular weight is 210 g/mol. The van der Waals surface area contributed by atoms with Crippen LogP contribution in [-0.2, 0) is 0 Å². The number of nitrogens with zero attached hydrogens (tertiary/aromatic N) is 4. The minimum atomic E-state index is 0.176. The van der Waals surface area contributed by atoms with Crippen LogP contribution in [0.3, 0.4) is 0 Å². The van der Waals surface area contributed by atoms with Crippen LogP contribution < -0.4 is 16.4 Å². The van der Waals surface area contributed by atoms with Crippen molar-refractivity contribution in [1.82, 2.24) is 15.0 Å². The Morgan fingerprint density at radius 2 is 1.40 bits per heavy atom. The molecule has 0 amide bonds. The maximum absolute atomic E-state index is 5.52. The van der Waals surface area contributed by atoms with Crippen LogP contribution in [0.4, 0.5) is 17.8 Å². The van der Waals surface area contributed by atoms with Gasteiger partial charge < -0.3 is 16.4 Å². The van der Waals surface area contributed by atoms with E-state index < -0.39 is 0 Å². The number of hydrogen-bond donors (Lipinski definition) is 2. The lowest BCUT2D eigenvalue weighted by Gasteiger charge is -2.21. The van der Waals surface area contributed by atoms with Crippen molar-refractivity contribution >= 4 is 17.8 Å². The lowest BCUT2D eigenvalue weighted by Crippen LogP contribution is -2.27. The Hall–Kier alpha value is -1.59. The SMILES string of the molecule is CCCN(CCC)c1nc(N)nc(N)n1. The zero-order valence-electron chi connectivity index (χ0n) is 9.27. The highest BCUT2D eigenvalue weighted by atomic mass is 15.3. The fraction of sp³-hybridized carbons (Fsp3) is 0.667. The summed E-state index contributed by atoms with van der Waals surface area (Å²) in [4.78, 5) is 14.0. The monoisotopic (exact) mass is 210 g/mol. The first-order valence-corrected chi connectivity index (χ1v) is 5.19. The summed E-state index contributed by atoms with van der Waals surface area (Å²) >= 11 is 0. The first-order chi connectivity index (χ1) is 7.17. The highest BCUT2D eigenvalue weighted by Crippen LogP contribution is 2.10. The molecule has 0 spiro atoms. The van der Waals surface area contributed by atoms with Crippen molar-refractivity contribution in [2.75, 3.05) is 29.5 Å².